The topological polar surface area (TPSA) is 55.1 Å². The Bertz CT molecular complexity index is 702. The van der Waals surface area contributed by atoms with Crippen LogP contribution in [0.4, 0.5) is 0 Å². The number of carbonyl (C=O) groups is 1. The van der Waals surface area contributed by atoms with Gasteiger partial charge in [0.1, 0.15) is 0 Å². The molecule has 1 N–H and O–H groups in total. The van der Waals surface area contributed by atoms with E-state index in [1.165, 1.54) is 0 Å². The number of aliphatic carboxylic acids is 1. The first-order valence-corrected chi connectivity index (χ1v) is 6.51. The molecule has 5 heteroatoms. The van der Waals surface area contributed by atoms with Crippen LogP contribution in [0.15, 0.2) is 24.3 Å². The van der Waals surface area contributed by atoms with Gasteiger partial charge in [0.15, 0.2) is 0 Å². The monoisotopic (exact) mass is 290 g/mol. The van der Waals surface area contributed by atoms with Crippen LogP contribution in [0.5, 0.6) is 0 Å². The van der Waals surface area contributed by atoms with Gasteiger partial charge < -0.3 is 5.11 Å². The lowest BCUT2D eigenvalue weighted by Gasteiger charge is -2.09. The number of halogens is 1. The summed E-state index contributed by atoms with van der Waals surface area (Å²) in [4.78, 5) is 10.7. The van der Waals surface area contributed by atoms with E-state index in [0.717, 1.165) is 34.3 Å². The predicted molar refractivity (Wildman–Crippen MR) is 79.5 cm³/mol. The Morgan fingerprint density at radius 1 is 1.35 bits per heavy atom. The van der Waals surface area contributed by atoms with Gasteiger partial charge in [-0.15, -0.1) is 0 Å². The van der Waals surface area contributed by atoms with Gasteiger partial charge in [-0.3, -0.25) is 0 Å². The van der Waals surface area contributed by atoms with Crippen LogP contribution < -0.4 is 0 Å². The Labute approximate surface area is 122 Å². The molecule has 0 aliphatic heterocycles. The van der Waals surface area contributed by atoms with Crippen LogP contribution in [0, 0.1) is 20.8 Å². The number of aromatic nitrogens is 2. The summed E-state index contributed by atoms with van der Waals surface area (Å²) in [5.41, 5.74) is 4.22. The lowest BCUT2D eigenvalue weighted by molar-refractivity contribution is -0.131. The summed E-state index contributed by atoms with van der Waals surface area (Å²) in [6.45, 7) is 5.68. The van der Waals surface area contributed by atoms with Crippen molar-refractivity contribution in [1.82, 2.24) is 9.78 Å². The van der Waals surface area contributed by atoms with Gasteiger partial charge in [0.05, 0.1) is 22.1 Å². The Morgan fingerprint density at radius 2 is 2.05 bits per heavy atom. The first-order valence-electron chi connectivity index (χ1n) is 6.14. The van der Waals surface area contributed by atoms with Crippen molar-refractivity contribution in [3.8, 4) is 5.69 Å². The molecule has 0 unspecified atom stereocenters. The minimum absolute atomic E-state index is 0.624. The van der Waals surface area contributed by atoms with Crippen molar-refractivity contribution in [1.29, 1.82) is 0 Å². The number of hydrogen-bond donors (Lipinski definition) is 1. The minimum atomic E-state index is -0.983. The molecular formula is C15H15ClN2O2. The van der Waals surface area contributed by atoms with Crippen molar-refractivity contribution in [2.75, 3.05) is 0 Å². The minimum Gasteiger partial charge on any atom is -0.478 e. The maximum absolute atomic E-state index is 10.7. The Balaban J connectivity index is 2.61. The lowest BCUT2D eigenvalue weighted by Crippen LogP contribution is -2.02. The van der Waals surface area contributed by atoms with E-state index in [4.69, 9.17) is 16.7 Å². The second-order valence-electron chi connectivity index (χ2n) is 4.63. The van der Waals surface area contributed by atoms with E-state index < -0.39 is 5.97 Å². The highest BCUT2D eigenvalue weighted by Crippen LogP contribution is 2.25. The standard InChI is InChI=1S/C15H15ClN2O2/c1-9-4-6-13(12(8-9)5-7-14(19)20)18-11(3)15(16)10(2)17-18/h4-8H,1-3H3,(H,19,20)/b7-5+. The lowest BCUT2D eigenvalue weighted by atomic mass is 10.1. The molecule has 0 aliphatic rings. The fourth-order valence-corrected chi connectivity index (χ4v) is 2.14. The van der Waals surface area contributed by atoms with Crippen LogP contribution in [0.2, 0.25) is 5.02 Å². The summed E-state index contributed by atoms with van der Waals surface area (Å²) in [7, 11) is 0. The summed E-state index contributed by atoms with van der Waals surface area (Å²) < 4.78 is 1.73. The molecule has 0 saturated heterocycles. The molecular weight excluding hydrogens is 276 g/mol. The Morgan fingerprint density at radius 3 is 2.60 bits per heavy atom. The van der Waals surface area contributed by atoms with Crippen molar-refractivity contribution in [2.45, 2.75) is 20.8 Å². The summed E-state index contributed by atoms with van der Waals surface area (Å²) in [5, 5.41) is 13.8. The first kappa shape index (κ1) is 14.3. The molecule has 0 amide bonds. The highest BCUT2D eigenvalue weighted by molar-refractivity contribution is 6.31. The molecule has 1 aromatic carbocycles. The van der Waals surface area contributed by atoms with E-state index in [9.17, 15) is 4.79 Å². The molecule has 1 heterocycles. The van der Waals surface area contributed by atoms with E-state index >= 15 is 0 Å². The zero-order valence-electron chi connectivity index (χ0n) is 11.5. The largest absolute Gasteiger partial charge is 0.478 e. The van der Waals surface area contributed by atoms with Crippen molar-refractivity contribution in [3.63, 3.8) is 0 Å². The molecule has 0 aliphatic carbocycles. The van der Waals surface area contributed by atoms with Gasteiger partial charge in [-0.05, 0) is 39.0 Å². The second-order valence-corrected chi connectivity index (χ2v) is 5.01. The molecule has 0 atom stereocenters. The van der Waals surface area contributed by atoms with Crippen LogP contribution >= 0.6 is 11.6 Å². The highest BCUT2D eigenvalue weighted by atomic mass is 35.5. The van der Waals surface area contributed by atoms with Gasteiger partial charge in [0.25, 0.3) is 0 Å². The van der Waals surface area contributed by atoms with Gasteiger partial charge in [0, 0.05) is 11.6 Å². The third kappa shape index (κ3) is 2.75. The normalized spacial score (nSPS) is 11.2. The second kappa shape index (κ2) is 5.51. The van der Waals surface area contributed by atoms with E-state index in [1.54, 1.807) is 10.8 Å². The number of aryl methyl sites for hydroxylation is 2. The van der Waals surface area contributed by atoms with E-state index in [2.05, 4.69) is 5.10 Å². The average molecular weight is 291 g/mol. The van der Waals surface area contributed by atoms with Gasteiger partial charge in [0.2, 0.25) is 0 Å². The van der Waals surface area contributed by atoms with Crippen LogP contribution in [0.1, 0.15) is 22.5 Å². The zero-order chi connectivity index (χ0) is 14.9. The zero-order valence-corrected chi connectivity index (χ0v) is 12.3. The number of carboxylic acid groups (broad SMARTS) is 1. The van der Waals surface area contributed by atoms with Crippen LogP contribution in [-0.2, 0) is 4.79 Å². The molecule has 2 rings (SSSR count). The van der Waals surface area contributed by atoms with E-state index in [-0.39, 0.29) is 0 Å². The highest BCUT2D eigenvalue weighted by Gasteiger charge is 2.12. The molecule has 4 nitrogen and oxygen atoms in total. The van der Waals surface area contributed by atoms with Gasteiger partial charge in [-0.25, -0.2) is 9.48 Å². The first-order chi connectivity index (χ1) is 9.40. The fourth-order valence-electron chi connectivity index (χ4n) is 2.02. The maximum atomic E-state index is 10.7. The van der Waals surface area contributed by atoms with Crippen LogP contribution in [-0.4, -0.2) is 20.9 Å². The van der Waals surface area contributed by atoms with Gasteiger partial charge in [-0.1, -0.05) is 23.2 Å². The molecule has 0 saturated carbocycles. The molecule has 0 spiro atoms. The molecule has 104 valence electrons. The number of nitrogens with zero attached hydrogens (tertiary/aromatic N) is 2. The fraction of sp³-hybridized carbons (Fsp3) is 0.200. The van der Waals surface area contributed by atoms with Crippen LogP contribution in [0.25, 0.3) is 11.8 Å². The molecule has 20 heavy (non-hydrogen) atoms. The average Bonchev–Trinajstić information content (AvgIpc) is 2.64. The third-order valence-corrected chi connectivity index (χ3v) is 3.57. The number of benzene rings is 1. The van der Waals surface area contributed by atoms with E-state index in [0.29, 0.717) is 5.02 Å². The quantitative estimate of drug-likeness (QED) is 0.880. The molecule has 0 bridgehead atoms. The maximum Gasteiger partial charge on any atom is 0.328 e. The third-order valence-electron chi connectivity index (χ3n) is 3.02. The number of carboxylic acids is 1. The predicted octanol–water partition coefficient (Wildman–Crippen LogP) is 3.55. The molecule has 0 fully saturated rings. The SMILES string of the molecule is Cc1ccc(-n2nc(C)c(Cl)c2C)c(/C=C/C(=O)O)c1. The van der Waals surface area contributed by atoms with Crippen molar-refractivity contribution in [2.24, 2.45) is 0 Å². The summed E-state index contributed by atoms with van der Waals surface area (Å²) in [6, 6.07) is 5.78. The molecule has 2 aromatic rings. The van der Waals surface area contributed by atoms with E-state index in [1.807, 2.05) is 39.0 Å². The Kier molecular flexibility index (Phi) is 3.95. The smallest absolute Gasteiger partial charge is 0.328 e. The van der Waals surface area contributed by atoms with Crippen molar-refractivity contribution in [3.05, 3.63) is 51.8 Å². The van der Waals surface area contributed by atoms with Gasteiger partial charge >= 0.3 is 5.97 Å². The van der Waals surface area contributed by atoms with Crippen LogP contribution in [0.3, 0.4) is 0 Å². The molecule has 0 radical (unpaired) electrons. The Hall–Kier alpha value is -2.07. The molecule has 1 aromatic heterocycles. The van der Waals surface area contributed by atoms with Crippen molar-refractivity contribution >= 4 is 23.6 Å². The van der Waals surface area contributed by atoms with Crippen molar-refractivity contribution < 1.29 is 9.90 Å². The number of rotatable bonds is 3. The summed E-state index contributed by atoms with van der Waals surface area (Å²) in [6.07, 6.45) is 2.68. The summed E-state index contributed by atoms with van der Waals surface area (Å²) in [5.74, 6) is -0.983. The number of hydrogen-bond acceptors (Lipinski definition) is 2. The summed E-state index contributed by atoms with van der Waals surface area (Å²) >= 11 is 6.16. The van der Waals surface area contributed by atoms with Gasteiger partial charge in [-0.2, -0.15) is 5.10 Å².